The molecule has 8 nitrogen and oxygen atoms in total. The normalized spacial score (nSPS) is 22.5. The number of allylic oxidation sites excluding steroid dienone is 2. The Balaban J connectivity index is 1.46. The van der Waals surface area contributed by atoms with Crippen LogP contribution in [0.1, 0.15) is 19.4 Å². The Morgan fingerprint density at radius 1 is 1.00 bits per heavy atom. The molecule has 2 atom stereocenters. The fourth-order valence-electron chi connectivity index (χ4n) is 4.62. The highest BCUT2D eigenvalue weighted by Crippen LogP contribution is 2.41. The van der Waals surface area contributed by atoms with E-state index in [2.05, 4.69) is 0 Å². The van der Waals surface area contributed by atoms with Gasteiger partial charge in [0.25, 0.3) is 5.91 Å². The van der Waals surface area contributed by atoms with E-state index in [4.69, 9.17) is 10.7 Å². The lowest BCUT2D eigenvalue weighted by atomic mass is 10.1. The molecule has 0 aromatic heterocycles. The SMILES string of the molecule is CC1=C(C)N2C(=NC3C2C(=O)N(C/C=C/c2ccccc2)C(=O)N3C)N1c1ccccc1N. The summed E-state index contributed by atoms with van der Waals surface area (Å²) in [6.07, 6.45) is 3.16. The van der Waals surface area contributed by atoms with E-state index >= 15 is 0 Å². The second kappa shape index (κ2) is 7.81. The quantitative estimate of drug-likeness (QED) is 0.735. The number of rotatable bonds is 4. The summed E-state index contributed by atoms with van der Waals surface area (Å²) in [7, 11) is 1.69. The van der Waals surface area contributed by atoms with E-state index in [1.54, 1.807) is 11.9 Å². The fourth-order valence-corrected chi connectivity index (χ4v) is 4.62. The van der Waals surface area contributed by atoms with Gasteiger partial charge in [-0.3, -0.25) is 19.5 Å². The van der Waals surface area contributed by atoms with E-state index in [1.807, 2.05) is 90.4 Å². The maximum Gasteiger partial charge on any atom is 0.328 e. The zero-order chi connectivity index (χ0) is 23.3. The highest BCUT2D eigenvalue weighted by Gasteiger charge is 2.55. The molecule has 3 heterocycles. The van der Waals surface area contributed by atoms with Crippen molar-refractivity contribution < 1.29 is 9.59 Å². The lowest BCUT2D eigenvalue weighted by Gasteiger charge is -2.40. The molecule has 168 valence electrons. The van der Waals surface area contributed by atoms with Crippen molar-refractivity contribution in [3.05, 3.63) is 77.6 Å². The minimum atomic E-state index is -0.613. The number of nitrogens with two attached hydrogens (primary N) is 1. The first-order chi connectivity index (χ1) is 15.9. The summed E-state index contributed by atoms with van der Waals surface area (Å²) in [5, 5.41) is 0. The van der Waals surface area contributed by atoms with E-state index in [1.165, 1.54) is 4.90 Å². The third-order valence-corrected chi connectivity index (χ3v) is 6.47. The molecule has 2 unspecified atom stereocenters. The molecule has 3 aliphatic heterocycles. The molecule has 2 N–H and O–H groups in total. The summed E-state index contributed by atoms with van der Waals surface area (Å²) >= 11 is 0. The summed E-state index contributed by atoms with van der Waals surface area (Å²) in [5.74, 6) is 0.363. The average molecular weight is 443 g/mol. The number of hydrogen-bond donors (Lipinski definition) is 1. The summed E-state index contributed by atoms with van der Waals surface area (Å²) in [6.45, 7) is 4.15. The molecule has 0 radical (unpaired) electrons. The fraction of sp³-hybridized carbons (Fsp3) is 0.240. The second-order valence-electron chi connectivity index (χ2n) is 8.38. The first-order valence-electron chi connectivity index (χ1n) is 10.9. The minimum absolute atomic E-state index is 0.195. The summed E-state index contributed by atoms with van der Waals surface area (Å²) in [4.78, 5) is 38.2. The number of imide groups is 1. The van der Waals surface area contributed by atoms with Gasteiger partial charge < -0.3 is 10.6 Å². The van der Waals surface area contributed by atoms with Crippen molar-refractivity contribution in [1.29, 1.82) is 0 Å². The van der Waals surface area contributed by atoms with Gasteiger partial charge in [-0.15, -0.1) is 0 Å². The van der Waals surface area contributed by atoms with Gasteiger partial charge in [-0.05, 0) is 31.5 Å². The number of guanidine groups is 1. The number of fused-ring (bicyclic) bond motifs is 3. The average Bonchev–Trinajstić information content (AvgIpc) is 3.31. The molecule has 5 rings (SSSR count). The summed E-state index contributed by atoms with van der Waals surface area (Å²) in [6, 6.07) is 16.4. The van der Waals surface area contributed by atoms with Crippen molar-refractivity contribution in [2.24, 2.45) is 4.99 Å². The molecule has 0 aliphatic carbocycles. The topological polar surface area (TPSA) is 85.5 Å². The predicted octanol–water partition coefficient (Wildman–Crippen LogP) is 3.31. The number of carbonyl (C=O) groups is 2. The van der Waals surface area contributed by atoms with E-state index in [9.17, 15) is 9.59 Å². The molecule has 1 fully saturated rings. The van der Waals surface area contributed by atoms with Crippen LogP contribution in [0.15, 0.2) is 77.1 Å². The number of carbonyl (C=O) groups excluding carboxylic acids is 2. The lowest BCUT2D eigenvalue weighted by Crippen LogP contribution is -2.64. The van der Waals surface area contributed by atoms with Gasteiger partial charge in [-0.25, -0.2) is 9.79 Å². The summed E-state index contributed by atoms with van der Waals surface area (Å²) in [5.41, 5.74) is 10.6. The number of nitrogens with zero attached hydrogens (tertiary/aromatic N) is 5. The molecule has 33 heavy (non-hydrogen) atoms. The molecule has 1 saturated heterocycles. The van der Waals surface area contributed by atoms with Crippen molar-refractivity contribution in [2.45, 2.75) is 26.1 Å². The highest BCUT2D eigenvalue weighted by atomic mass is 16.2. The van der Waals surface area contributed by atoms with Crippen LogP contribution >= 0.6 is 0 Å². The van der Waals surface area contributed by atoms with Crippen LogP contribution < -0.4 is 10.6 Å². The Morgan fingerprint density at radius 3 is 2.42 bits per heavy atom. The molecule has 0 spiro atoms. The maximum absolute atomic E-state index is 13.6. The zero-order valence-corrected chi connectivity index (χ0v) is 18.8. The number of hydrogen-bond acceptors (Lipinski definition) is 6. The van der Waals surface area contributed by atoms with E-state index < -0.39 is 12.2 Å². The molecular formula is C25H26N6O2. The number of para-hydroxylation sites is 2. The monoisotopic (exact) mass is 442 g/mol. The smallest absolute Gasteiger partial charge is 0.328 e. The Kier molecular flexibility index (Phi) is 4.92. The molecular weight excluding hydrogens is 416 g/mol. The number of amides is 3. The van der Waals surface area contributed by atoms with Gasteiger partial charge >= 0.3 is 6.03 Å². The Labute approximate surface area is 192 Å². The van der Waals surface area contributed by atoms with E-state index in [0.717, 1.165) is 22.6 Å². The third-order valence-electron chi connectivity index (χ3n) is 6.47. The van der Waals surface area contributed by atoms with Crippen LogP contribution in [-0.2, 0) is 4.79 Å². The van der Waals surface area contributed by atoms with Gasteiger partial charge in [-0.1, -0.05) is 54.6 Å². The van der Waals surface area contributed by atoms with Crippen LogP contribution in [0.25, 0.3) is 6.08 Å². The van der Waals surface area contributed by atoms with Gasteiger partial charge in [0, 0.05) is 25.0 Å². The van der Waals surface area contributed by atoms with Gasteiger partial charge in [0.1, 0.15) is 0 Å². The molecule has 2 aromatic carbocycles. The number of aliphatic imine (C=N–C) groups is 1. The molecule has 2 aromatic rings. The van der Waals surface area contributed by atoms with E-state index in [-0.39, 0.29) is 18.5 Å². The Bertz CT molecular complexity index is 1220. The van der Waals surface area contributed by atoms with Crippen LogP contribution in [0, 0.1) is 0 Å². The summed E-state index contributed by atoms with van der Waals surface area (Å²) < 4.78 is 0. The molecule has 0 saturated carbocycles. The van der Waals surface area contributed by atoms with Gasteiger partial charge in [-0.2, -0.15) is 0 Å². The largest absolute Gasteiger partial charge is 0.397 e. The first kappa shape index (κ1) is 20.8. The molecule has 8 heteroatoms. The van der Waals surface area contributed by atoms with Crippen molar-refractivity contribution >= 4 is 35.3 Å². The number of urea groups is 1. The van der Waals surface area contributed by atoms with Crippen LogP contribution in [0.4, 0.5) is 16.2 Å². The van der Waals surface area contributed by atoms with Crippen LogP contribution in [-0.4, -0.2) is 58.4 Å². The number of anilines is 2. The van der Waals surface area contributed by atoms with Gasteiger partial charge in [0.2, 0.25) is 5.96 Å². The van der Waals surface area contributed by atoms with Crippen molar-refractivity contribution in [3.63, 3.8) is 0 Å². The molecule has 0 bridgehead atoms. The van der Waals surface area contributed by atoms with Crippen LogP contribution in [0.2, 0.25) is 0 Å². The zero-order valence-electron chi connectivity index (χ0n) is 18.8. The predicted molar refractivity (Wildman–Crippen MR) is 129 cm³/mol. The Hall–Kier alpha value is -4.07. The molecule has 3 aliphatic rings. The maximum atomic E-state index is 13.6. The Morgan fingerprint density at radius 2 is 1.70 bits per heavy atom. The lowest BCUT2D eigenvalue weighted by molar-refractivity contribution is -0.136. The van der Waals surface area contributed by atoms with Gasteiger partial charge in [0.05, 0.1) is 11.4 Å². The molecule has 3 amide bonds. The van der Waals surface area contributed by atoms with Crippen LogP contribution in [0.5, 0.6) is 0 Å². The number of likely N-dealkylation sites (N-methyl/N-ethyl adjacent to an activating group) is 1. The first-order valence-corrected chi connectivity index (χ1v) is 10.9. The number of nitrogen functional groups attached to an aromatic ring is 1. The minimum Gasteiger partial charge on any atom is -0.397 e. The van der Waals surface area contributed by atoms with Crippen molar-refractivity contribution in [1.82, 2.24) is 14.7 Å². The van der Waals surface area contributed by atoms with Crippen molar-refractivity contribution in [3.8, 4) is 0 Å². The highest BCUT2D eigenvalue weighted by molar-refractivity contribution is 6.11. The van der Waals surface area contributed by atoms with Crippen molar-refractivity contribution in [2.75, 3.05) is 24.2 Å². The second-order valence-corrected chi connectivity index (χ2v) is 8.38. The van der Waals surface area contributed by atoms with Crippen LogP contribution in [0.3, 0.4) is 0 Å². The third kappa shape index (κ3) is 3.17. The standard InChI is InChI=1S/C25H26N6O2/c1-16-17(2)31-21-22(27-24(31)30(16)20-14-8-7-13-19(20)26)28(3)25(33)29(23(21)32)15-9-12-18-10-5-4-6-11-18/h4-14,21-22H,15,26H2,1-3H3/b12-9+. The van der Waals surface area contributed by atoms with Gasteiger partial charge in [0.15, 0.2) is 12.2 Å². The number of benzene rings is 2. The van der Waals surface area contributed by atoms with E-state index in [0.29, 0.717) is 11.6 Å².